The van der Waals surface area contributed by atoms with E-state index in [4.69, 9.17) is 0 Å². The largest absolute Gasteiger partial charge is 0.384 e. The highest BCUT2D eigenvalue weighted by Gasteiger charge is 2.12. The number of hydrogen-bond donors (Lipinski definition) is 1. The normalized spacial score (nSPS) is 13.3. The summed E-state index contributed by atoms with van der Waals surface area (Å²) in [5.41, 5.74) is 5.17. The molecule has 2 aromatic rings. The van der Waals surface area contributed by atoms with Crippen LogP contribution in [0.1, 0.15) is 11.1 Å². The van der Waals surface area contributed by atoms with E-state index in [9.17, 15) is 4.39 Å². The third-order valence-electron chi connectivity index (χ3n) is 3.25. The molecule has 0 saturated carbocycles. The van der Waals surface area contributed by atoms with Gasteiger partial charge in [-0.25, -0.2) is 4.39 Å². The summed E-state index contributed by atoms with van der Waals surface area (Å²) in [6, 6.07) is 11.4. The van der Waals surface area contributed by atoms with Crippen molar-refractivity contribution in [2.24, 2.45) is 0 Å². The van der Waals surface area contributed by atoms with Gasteiger partial charge in [0.15, 0.2) is 0 Å². The van der Waals surface area contributed by atoms with Gasteiger partial charge in [-0.2, -0.15) is 0 Å². The van der Waals surface area contributed by atoms with Crippen LogP contribution in [-0.2, 0) is 6.42 Å². The van der Waals surface area contributed by atoms with Crippen LogP contribution in [0.5, 0.6) is 0 Å². The Hall–Kier alpha value is -1.83. The SMILES string of the molecule is Cc1ccc(F)c(-c2ccc3c(c2)NCC3)c1. The van der Waals surface area contributed by atoms with E-state index in [1.807, 2.05) is 25.1 Å². The molecule has 1 heterocycles. The van der Waals surface area contributed by atoms with Crippen molar-refractivity contribution in [1.29, 1.82) is 0 Å². The molecule has 0 bridgehead atoms. The molecule has 0 aliphatic carbocycles. The summed E-state index contributed by atoms with van der Waals surface area (Å²) >= 11 is 0. The molecular weight excluding hydrogens is 213 g/mol. The van der Waals surface area contributed by atoms with E-state index in [0.29, 0.717) is 5.56 Å². The molecule has 0 amide bonds. The fourth-order valence-electron chi connectivity index (χ4n) is 2.32. The van der Waals surface area contributed by atoms with E-state index in [-0.39, 0.29) is 5.82 Å². The molecular formula is C15H14FN. The zero-order valence-electron chi connectivity index (χ0n) is 9.76. The Morgan fingerprint density at radius 3 is 2.88 bits per heavy atom. The molecule has 0 radical (unpaired) electrons. The second kappa shape index (κ2) is 3.88. The zero-order chi connectivity index (χ0) is 11.8. The van der Waals surface area contributed by atoms with Gasteiger partial charge in [-0.1, -0.05) is 23.8 Å². The molecule has 1 N–H and O–H groups in total. The highest BCUT2D eigenvalue weighted by Crippen LogP contribution is 2.30. The van der Waals surface area contributed by atoms with Crippen molar-refractivity contribution in [3.8, 4) is 11.1 Å². The molecule has 2 heteroatoms. The minimum Gasteiger partial charge on any atom is -0.384 e. The van der Waals surface area contributed by atoms with Crippen molar-refractivity contribution in [2.75, 3.05) is 11.9 Å². The molecule has 0 unspecified atom stereocenters. The van der Waals surface area contributed by atoms with Gasteiger partial charge >= 0.3 is 0 Å². The van der Waals surface area contributed by atoms with Gasteiger partial charge in [0.05, 0.1) is 0 Å². The van der Waals surface area contributed by atoms with Crippen LogP contribution in [0.2, 0.25) is 0 Å². The molecule has 0 fully saturated rings. The van der Waals surface area contributed by atoms with Crippen molar-refractivity contribution in [2.45, 2.75) is 13.3 Å². The Balaban J connectivity index is 2.12. The summed E-state index contributed by atoms with van der Waals surface area (Å²) < 4.78 is 13.8. The lowest BCUT2D eigenvalue weighted by Crippen LogP contribution is -1.91. The number of fused-ring (bicyclic) bond motifs is 1. The monoisotopic (exact) mass is 227 g/mol. The second-order valence-electron chi connectivity index (χ2n) is 4.53. The fourth-order valence-corrected chi connectivity index (χ4v) is 2.32. The lowest BCUT2D eigenvalue weighted by Gasteiger charge is -2.07. The molecule has 17 heavy (non-hydrogen) atoms. The first-order valence-corrected chi connectivity index (χ1v) is 5.87. The Morgan fingerprint density at radius 2 is 2.00 bits per heavy atom. The molecule has 0 saturated heterocycles. The molecule has 1 aliphatic heterocycles. The molecule has 1 aliphatic rings. The quantitative estimate of drug-likeness (QED) is 0.782. The Bertz CT molecular complexity index is 575. The van der Waals surface area contributed by atoms with Gasteiger partial charge in [0.25, 0.3) is 0 Å². The third-order valence-corrected chi connectivity index (χ3v) is 3.25. The van der Waals surface area contributed by atoms with E-state index >= 15 is 0 Å². The van der Waals surface area contributed by atoms with Crippen LogP contribution in [0, 0.1) is 12.7 Å². The minimum absolute atomic E-state index is 0.159. The lowest BCUT2D eigenvalue weighted by atomic mass is 10.0. The van der Waals surface area contributed by atoms with Gasteiger partial charge in [0.1, 0.15) is 5.82 Å². The number of benzene rings is 2. The van der Waals surface area contributed by atoms with E-state index in [1.165, 1.54) is 11.6 Å². The Kier molecular flexibility index (Phi) is 2.36. The van der Waals surface area contributed by atoms with Crippen LogP contribution in [0.4, 0.5) is 10.1 Å². The topological polar surface area (TPSA) is 12.0 Å². The molecule has 0 spiro atoms. The smallest absolute Gasteiger partial charge is 0.131 e. The highest BCUT2D eigenvalue weighted by molar-refractivity contribution is 5.72. The van der Waals surface area contributed by atoms with Crippen molar-refractivity contribution in [3.05, 3.63) is 53.3 Å². The van der Waals surface area contributed by atoms with Crippen molar-refractivity contribution >= 4 is 5.69 Å². The molecule has 86 valence electrons. The first-order valence-electron chi connectivity index (χ1n) is 5.87. The number of halogens is 1. The highest BCUT2D eigenvalue weighted by atomic mass is 19.1. The number of rotatable bonds is 1. The number of aryl methyl sites for hydroxylation is 1. The average molecular weight is 227 g/mol. The predicted molar refractivity (Wildman–Crippen MR) is 68.8 cm³/mol. The van der Waals surface area contributed by atoms with E-state index in [0.717, 1.165) is 29.8 Å². The number of nitrogens with one attached hydrogen (secondary N) is 1. The predicted octanol–water partition coefficient (Wildman–Crippen LogP) is 3.77. The maximum atomic E-state index is 13.8. The molecule has 0 atom stereocenters. The van der Waals surface area contributed by atoms with Gasteiger partial charge in [-0.05, 0) is 42.7 Å². The van der Waals surface area contributed by atoms with Crippen LogP contribution >= 0.6 is 0 Å². The molecule has 1 nitrogen and oxygen atoms in total. The summed E-state index contributed by atoms with van der Waals surface area (Å²) in [6.07, 6.45) is 1.06. The van der Waals surface area contributed by atoms with Gasteiger partial charge < -0.3 is 5.32 Å². The van der Waals surface area contributed by atoms with Crippen LogP contribution in [-0.4, -0.2) is 6.54 Å². The first-order chi connectivity index (χ1) is 8.24. The van der Waals surface area contributed by atoms with E-state index in [2.05, 4.69) is 11.4 Å². The number of anilines is 1. The average Bonchev–Trinajstić information content (AvgIpc) is 2.79. The van der Waals surface area contributed by atoms with E-state index in [1.54, 1.807) is 6.07 Å². The Morgan fingerprint density at radius 1 is 1.12 bits per heavy atom. The third kappa shape index (κ3) is 1.80. The standard InChI is InChI=1S/C15H14FN/c1-10-2-5-14(16)13(8-10)12-4-3-11-6-7-17-15(11)9-12/h2-5,8-9,17H,6-7H2,1H3. The Labute approximate surface area is 100 Å². The zero-order valence-corrected chi connectivity index (χ0v) is 9.76. The van der Waals surface area contributed by atoms with Crippen molar-refractivity contribution in [1.82, 2.24) is 0 Å². The summed E-state index contributed by atoms with van der Waals surface area (Å²) in [5, 5.41) is 3.32. The van der Waals surface area contributed by atoms with Gasteiger partial charge in [-0.3, -0.25) is 0 Å². The summed E-state index contributed by atoms with van der Waals surface area (Å²) in [7, 11) is 0. The van der Waals surface area contributed by atoms with Gasteiger partial charge in [-0.15, -0.1) is 0 Å². The van der Waals surface area contributed by atoms with Crippen LogP contribution in [0.25, 0.3) is 11.1 Å². The lowest BCUT2D eigenvalue weighted by molar-refractivity contribution is 0.631. The van der Waals surface area contributed by atoms with Crippen LogP contribution in [0.3, 0.4) is 0 Å². The number of hydrogen-bond acceptors (Lipinski definition) is 1. The molecule has 2 aromatic carbocycles. The van der Waals surface area contributed by atoms with Crippen molar-refractivity contribution < 1.29 is 4.39 Å². The molecule has 0 aromatic heterocycles. The van der Waals surface area contributed by atoms with Gasteiger partial charge in [0, 0.05) is 17.8 Å². The van der Waals surface area contributed by atoms with Gasteiger partial charge in [0.2, 0.25) is 0 Å². The maximum Gasteiger partial charge on any atom is 0.131 e. The van der Waals surface area contributed by atoms with Crippen LogP contribution in [0.15, 0.2) is 36.4 Å². The fraction of sp³-hybridized carbons (Fsp3) is 0.200. The summed E-state index contributed by atoms with van der Waals surface area (Å²) in [4.78, 5) is 0. The summed E-state index contributed by atoms with van der Waals surface area (Å²) in [6.45, 7) is 2.96. The van der Waals surface area contributed by atoms with E-state index < -0.39 is 0 Å². The second-order valence-corrected chi connectivity index (χ2v) is 4.53. The molecule has 3 rings (SSSR count). The maximum absolute atomic E-state index is 13.8. The summed E-state index contributed by atoms with van der Waals surface area (Å²) in [5.74, 6) is -0.159. The van der Waals surface area contributed by atoms with Crippen molar-refractivity contribution in [3.63, 3.8) is 0 Å². The first kappa shape index (κ1) is 10.3. The minimum atomic E-state index is -0.159. The van der Waals surface area contributed by atoms with Crippen LogP contribution < -0.4 is 5.32 Å².